The summed E-state index contributed by atoms with van der Waals surface area (Å²) in [7, 11) is 0. The Morgan fingerprint density at radius 3 is 2.58 bits per heavy atom. The van der Waals surface area contributed by atoms with Gasteiger partial charge < -0.3 is 10.4 Å². The molecule has 1 heterocycles. The van der Waals surface area contributed by atoms with Crippen molar-refractivity contribution in [2.75, 3.05) is 5.32 Å². The third kappa shape index (κ3) is 1.88. The average Bonchev–Trinajstić information content (AvgIpc) is 2.38. The van der Waals surface area contributed by atoms with Crippen LogP contribution in [0.25, 0.3) is 0 Å². The van der Waals surface area contributed by atoms with E-state index in [0.29, 0.717) is 5.56 Å². The van der Waals surface area contributed by atoms with Crippen LogP contribution in [0.1, 0.15) is 21.5 Å². The van der Waals surface area contributed by atoms with Crippen LogP contribution in [0.5, 0.6) is 0 Å². The van der Waals surface area contributed by atoms with Gasteiger partial charge in [0, 0.05) is 4.90 Å². The van der Waals surface area contributed by atoms with Gasteiger partial charge >= 0.3 is 5.97 Å². The highest BCUT2D eigenvalue weighted by Crippen LogP contribution is 2.48. The maximum Gasteiger partial charge on any atom is 0.336 e. The summed E-state index contributed by atoms with van der Waals surface area (Å²) >= 11 is 1.52. The fraction of sp³-hybridized carbons (Fsp3) is 0.133. The van der Waals surface area contributed by atoms with Gasteiger partial charge in [0.1, 0.15) is 0 Å². The molecule has 0 aliphatic carbocycles. The highest BCUT2D eigenvalue weighted by atomic mass is 32.2. The van der Waals surface area contributed by atoms with Crippen LogP contribution in [0.3, 0.4) is 0 Å². The Morgan fingerprint density at radius 2 is 1.84 bits per heavy atom. The Hall–Kier alpha value is -1.94. The third-order valence-corrected chi connectivity index (χ3v) is 4.48. The number of hydrogen-bond acceptors (Lipinski definition) is 3. The number of carbonyl (C=O) groups is 1. The zero-order chi connectivity index (χ0) is 13.6. The number of rotatable bonds is 1. The molecule has 0 saturated heterocycles. The fourth-order valence-electron chi connectivity index (χ4n) is 2.23. The summed E-state index contributed by atoms with van der Waals surface area (Å²) in [6.45, 7) is 4.04. The van der Waals surface area contributed by atoms with E-state index < -0.39 is 5.97 Å². The molecular formula is C15H13NO2S. The minimum atomic E-state index is -0.887. The summed E-state index contributed by atoms with van der Waals surface area (Å²) in [5.74, 6) is -0.887. The number of carboxylic acid groups (broad SMARTS) is 1. The van der Waals surface area contributed by atoms with Crippen LogP contribution in [0, 0.1) is 13.8 Å². The second-order valence-corrected chi connectivity index (χ2v) is 5.67. The largest absolute Gasteiger partial charge is 0.478 e. The van der Waals surface area contributed by atoms with Gasteiger partial charge in [-0.15, -0.1) is 0 Å². The Labute approximate surface area is 115 Å². The van der Waals surface area contributed by atoms with E-state index in [0.717, 1.165) is 32.3 Å². The van der Waals surface area contributed by atoms with Crippen LogP contribution in [-0.4, -0.2) is 11.1 Å². The SMILES string of the molecule is Cc1cccc2c1Nc1c(C)ccc(C(=O)O)c1S2. The van der Waals surface area contributed by atoms with E-state index in [4.69, 9.17) is 0 Å². The smallest absolute Gasteiger partial charge is 0.336 e. The van der Waals surface area contributed by atoms with Gasteiger partial charge in [0.05, 0.1) is 21.8 Å². The van der Waals surface area contributed by atoms with Gasteiger partial charge in [0.15, 0.2) is 0 Å². The van der Waals surface area contributed by atoms with Crippen molar-refractivity contribution >= 4 is 29.1 Å². The van der Waals surface area contributed by atoms with E-state index >= 15 is 0 Å². The lowest BCUT2D eigenvalue weighted by molar-refractivity contribution is 0.0693. The fourth-order valence-corrected chi connectivity index (χ4v) is 3.49. The van der Waals surface area contributed by atoms with Gasteiger partial charge in [0.2, 0.25) is 0 Å². The summed E-state index contributed by atoms with van der Waals surface area (Å²) in [5, 5.41) is 12.7. The van der Waals surface area contributed by atoms with Crippen molar-refractivity contribution < 1.29 is 9.90 Å². The minimum Gasteiger partial charge on any atom is -0.478 e. The third-order valence-electron chi connectivity index (χ3n) is 3.29. The van der Waals surface area contributed by atoms with Crippen molar-refractivity contribution in [3.05, 3.63) is 47.0 Å². The highest BCUT2D eigenvalue weighted by Gasteiger charge is 2.23. The van der Waals surface area contributed by atoms with Gasteiger partial charge in [-0.3, -0.25) is 0 Å². The number of fused-ring (bicyclic) bond motifs is 2. The Kier molecular flexibility index (Phi) is 2.75. The highest BCUT2D eigenvalue weighted by molar-refractivity contribution is 7.99. The molecule has 0 saturated carbocycles. The zero-order valence-electron chi connectivity index (χ0n) is 10.7. The molecule has 4 heteroatoms. The van der Waals surface area contributed by atoms with Gasteiger partial charge in [0.25, 0.3) is 0 Å². The molecule has 19 heavy (non-hydrogen) atoms. The first-order valence-electron chi connectivity index (χ1n) is 5.99. The van der Waals surface area contributed by atoms with Crippen LogP contribution < -0.4 is 5.32 Å². The molecule has 2 aromatic rings. The number of carboxylic acids is 1. The lowest BCUT2D eigenvalue weighted by Gasteiger charge is -2.25. The number of benzene rings is 2. The molecule has 0 amide bonds. The van der Waals surface area contributed by atoms with E-state index in [1.165, 1.54) is 11.8 Å². The molecular weight excluding hydrogens is 258 g/mol. The molecule has 0 bridgehead atoms. The van der Waals surface area contributed by atoms with Crippen LogP contribution >= 0.6 is 11.8 Å². The van der Waals surface area contributed by atoms with E-state index in [1.807, 2.05) is 38.1 Å². The molecule has 2 N–H and O–H groups in total. The molecule has 3 rings (SSSR count). The van der Waals surface area contributed by atoms with E-state index in [-0.39, 0.29) is 0 Å². The van der Waals surface area contributed by atoms with E-state index in [1.54, 1.807) is 6.07 Å². The zero-order valence-corrected chi connectivity index (χ0v) is 11.5. The molecule has 2 aromatic carbocycles. The summed E-state index contributed by atoms with van der Waals surface area (Å²) < 4.78 is 0. The van der Waals surface area contributed by atoms with Crippen molar-refractivity contribution in [2.24, 2.45) is 0 Å². The van der Waals surface area contributed by atoms with Crippen LogP contribution in [0.2, 0.25) is 0 Å². The maximum absolute atomic E-state index is 11.3. The Balaban J connectivity index is 2.21. The topological polar surface area (TPSA) is 49.3 Å². The molecule has 1 aliphatic heterocycles. The molecule has 0 atom stereocenters. The monoisotopic (exact) mass is 271 g/mol. The molecule has 96 valence electrons. The van der Waals surface area contributed by atoms with Crippen molar-refractivity contribution in [2.45, 2.75) is 23.6 Å². The summed E-state index contributed by atoms with van der Waals surface area (Å²) in [6.07, 6.45) is 0. The van der Waals surface area contributed by atoms with Crippen molar-refractivity contribution in [1.82, 2.24) is 0 Å². The number of nitrogens with one attached hydrogen (secondary N) is 1. The summed E-state index contributed by atoms with van der Waals surface area (Å²) in [4.78, 5) is 13.2. The van der Waals surface area contributed by atoms with Crippen LogP contribution in [0.4, 0.5) is 11.4 Å². The molecule has 3 nitrogen and oxygen atoms in total. The van der Waals surface area contributed by atoms with Gasteiger partial charge in [-0.25, -0.2) is 4.79 Å². The first kappa shape index (κ1) is 12.1. The summed E-state index contributed by atoms with van der Waals surface area (Å²) in [6, 6.07) is 9.57. The molecule has 0 fully saturated rings. The van der Waals surface area contributed by atoms with Gasteiger partial charge in [-0.05, 0) is 37.1 Å². The van der Waals surface area contributed by atoms with Crippen molar-refractivity contribution in [3.8, 4) is 0 Å². The predicted molar refractivity (Wildman–Crippen MR) is 76.7 cm³/mol. The molecule has 0 radical (unpaired) electrons. The molecule has 0 aromatic heterocycles. The lowest BCUT2D eigenvalue weighted by atomic mass is 10.1. The standard InChI is InChI=1S/C15H13NO2S/c1-8-4-3-5-11-12(8)16-13-9(2)6-7-10(15(17)18)14(13)19-11/h3-7,16H,1-2H3,(H,17,18). The molecule has 0 unspecified atom stereocenters. The summed E-state index contributed by atoms with van der Waals surface area (Å²) in [5.41, 5.74) is 4.56. The quantitative estimate of drug-likeness (QED) is 0.696. The molecule has 0 spiro atoms. The van der Waals surface area contributed by atoms with Gasteiger partial charge in [-0.1, -0.05) is 30.0 Å². The number of aromatic carboxylic acids is 1. The maximum atomic E-state index is 11.3. The predicted octanol–water partition coefficient (Wildman–Crippen LogP) is 4.21. The number of para-hydroxylation sites is 1. The second-order valence-electron chi connectivity index (χ2n) is 4.61. The van der Waals surface area contributed by atoms with E-state index in [2.05, 4.69) is 5.32 Å². The molecule has 1 aliphatic rings. The van der Waals surface area contributed by atoms with E-state index in [9.17, 15) is 9.90 Å². The lowest BCUT2D eigenvalue weighted by Crippen LogP contribution is -2.08. The van der Waals surface area contributed by atoms with Crippen LogP contribution in [-0.2, 0) is 0 Å². The first-order chi connectivity index (χ1) is 9.08. The second kappa shape index (κ2) is 4.31. The van der Waals surface area contributed by atoms with Crippen LogP contribution in [0.15, 0.2) is 40.1 Å². The minimum absolute atomic E-state index is 0.352. The number of aryl methyl sites for hydroxylation is 2. The van der Waals surface area contributed by atoms with Crippen molar-refractivity contribution in [1.29, 1.82) is 0 Å². The first-order valence-corrected chi connectivity index (χ1v) is 6.81. The Bertz CT molecular complexity index is 695. The Morgan fingerprint density at radius 1 is 1.11 bits per heavy atom. The average molecular weight is 271 g/mol. The number of anilines is 2. The van der Waals surface area contributed by atoms with Gasteiger partial charge in [-0.2, -0.15) is 0 Å². The normalized spacial score (nSPS) is 12.3. The van der Waals surface area contributed by atoms with Crippen molar-refractivity contribution in [3.63, 3.8) is 0 Å². The number of hydrogen-bond donors (Lipinski definition) is 2.